The summed E-state index contributed by atoms with van der Waals surface area (Å²) in [5.41, 5.74) is 7.30. The molecule has 5 heteroatoms. The molecule has 5 nitrogen and oxygen atoms in total. The molecule has 0 unspecified atom stereocenters. The number of hydrogen-bond donors (Lipinski definition) is 2. The van der Waals surface area contributed by atoms with Gasteiger partial charge in [-0.25, -0.2) is 0 Å². The van der Waals surface area contributed by atoms with E-state index in [9.17, 15) is 0 Å². The van der Waals surface area contributed by atoms with Crippen molar-refractivity contribution in [1.29, 1.82) is 0 Å². The molecule has 3 N–H and O–H groups in total. The molecule has 96 valence electrons. The lowest BCUT2D eigenvalue weighted by atomic mass is 10.2. The summed E-state index contributed by atoms with van der Waals surface area (Å²) in [6.45, 7) is 1.19. The summed E-state index contributed by atoms with van der Waals surface area (Å²) >= 11 is 0. The minimum absolute atomic E-state index is 0.0202. The highest BCUT2D eigenvalue weighted by atomic mass is 16.5. The Labute approximate surface area is 105 Å². The number of benzene rings is 1. The normalized spacial score (nSPS) is 10.7. The Morgan fingerprint density at radius 3 is 2.89 bits per heavy atom. The molecule has 0 saturated heterocycles. The number of nitrogen functional groups attached to an aromatic ring is 1. The van der Waals surface area contributed by atoms with E-state index in [1.165, 1.54) is 0 Å². The van der Waals surface area contributed by atoms with Crippen molar-refractivity contribution in [1.82, 2.24) is 4.98 Å². The van der Waals surface area contributed by atoms with Crippen molar-refractivity contribution < 1.29 is 14.6 Å². The van der Waals surface area contributed by atoms with Crippen LogP contribution in [0.4, 0.5) is 5.69 Å². The molecule has 2 rings (SSSR count). The molecule has 0 spiro atoms. The van der Waals surface area contributed by atoms with Gasteiger partial charge in [0.1, 0.15) is 17.9 Å². The first-order valence-corrected chi connectivity index (χ1v) is 5.77. The van der Waals surface area contributed by atoms with E-state index in [0.717, 1.165) is 10.9 Å². The Kier molecular flexibility index (Phi) is 4.33. The van der Waals surface area contributed by atoms with E-state index < -0.39 is 0 Å². The third-order valence-electron chi connectivity index (χ3n) is 2.49. The molecule has 0 atom stereocenters. The fraction of sp³-hybridized carbons (Fsp3) is 0.308. The second-order valence-corrected chi connectivity index (χ2v) is 3.74. The lowest BCUT2D eigenvalue weighted by Crippen LogP contribution is -2.09. The third kappa shape index (κ3) is 2.88. The van der Waals surface area contributed by atoms with E-state index in [1.807, 2.05) is 12.1 Å². The zero-order chi connectivity index (χ0) is 12.8. The molecule has 0 aliphatic rings. The predicted molar refractivity (Wildman–Crippen MR) is 69.6 cm³/mol. The first kappa shape index (κ1) is 12.6. The number of anilines is 1. The third-order valence-corrected chi connectivity index (χ3v) is 2.49. The molecule has 0 saturated carbocycles. The van der Waals surface area contributed by atoms with E-state index >= 15 is 0 Å². The van der Waals surface area contributed by atoms with Crippen molar-refractivity contribution in [2.45, 2.75) is 0 Å². The Morgan fingerprint density at radius 1 is 1.17 bits per heavy atom. The molecular formula is C13H16N2O3. The minimum Gasteiger partial charge on any atom is -0.489 e. The molecule has 0 bridgehead atoms. The smallest absolute Gasteiger partial charge is 0.145 e. The van der Waals surface area contributed by atoms with Crippen LogP contribution < -0.4 is 10.5 Å². The summed E-state index contributed by atoms with van der Waals surface area (Å²) in [5, 5.41) is 9.45. The second kappa shape index (κ2) is 6.18. The van der Waals surface area contributed by atoms with Gasteiger partial charge in [0.25, 0.3) is 0 Å². The van der Waals surface area contributed by atoms with Gasteiger partial charge in [0.05, 0.1) is 19.8 Å². The van der Waals surface area contributed by atoms with Gasteiger partial charge >= 0.3 is 0 Å². The SMILES string of the molecule is Nc1ccc(OCCOCCO)c2ncccc12. The second-order valence-electron chi connectivity index (χ2n) is 3.74. The van der Waals surface area contributed by atoms with Crippen molar-refractivity contribution in [2.24, 2.45) is 0 Å². The van der Waals surface area contributed by atoms with Gasteiger partial charge in [-0.15, -0.1) is 0 Å². The maximum absolute atomic E-state index is 8.56. The largest absolute Gasteiger partial charge is 0.489 e. The number of nitrogens with zero attached hydrogens (tertiary/aromatic N) is 1. The summed E-state index contributed by atoms with van der Waals surface area (Å²) in [5.74, 6) is 0.687. The topological polar surface area (TPSA) is 77.6 Å². The molecule has 0 aliphatic carbocycles. The van der Waals surface area contributed by atoms with E-state index in [2.05, 4.69) is 4.98 Å². The molecule has 18 heavy (non-hydrogen) atoms. The van der Waals surface area contributed by atoms with Gasteiger partial charge in [0.2, 0.25) is 0 Å². The highest BCUT2D eigenvalue weighted by Crippen LogP contribution is 2.27. The van der Waals surface area contributed by atoms with Gasteiger partial charge in [-0.05, 0) is 24.3 Å². The number of pyridine rings is 1. The molecule has 0 fully saturated rings. The number of nitrogens with two attached hydrogens (primary N) is 1. The molecule has 0 amide bonds. The lowest BCUT2D eigenvalue weighted by Gasteiger charge is -2.10. The average Bonchev–Trinajstić information content (AvgIpc) is 2.41. The number of hydrogen-bond acceptors (Lipinski definition) is 5. The van der Waals surface area contributed by atoms with Crippen LogP contribution in [0.5, 0.6) is 5.75 Å². The highest BCUT2D eigenvalue weighted by Gasteiger charge is 2.05. The van der Waals surface area contributed by atoms with Gasteiger partial charge in [0, 0.05) is 17.3 Å². The van der Waals surface area contributed by atoms with E-state index in [0.29, 0.717) is 31.3 Å². The number of aliphatic hydroxyl groups excluding tert-OH is 1. The van der Waals surface area contributed by atoms with Crippen LogP contribution in [0, 0.1) is 0 Å². The van der Waals surface area contributed by atoms with Gasteiger partial charge < -0.3 is 20.3 Å². The maximum Gasteiger partial charge on any atom is 0.145 e. The minimum atomic E-state index is 0.0202. The fourth-order valence-electron chi connectivity index (χ4n) is 1.66. The van der Waals surface area contributed by atoms with Crippen molar-refractivity contribution in [3.63, 3.8) is 0 Å². The molecule has 0 aliphatic heterocycles. The van der Waals surface area contributed by atoms with Gasteiger partial charge in [0.15, 0.2) is 0 Å². The standard InChI is InChI=1S/C13H16N2O3/c14-11-3-4-12(18-9-8-17-7-6-16)13-10(11)2-1-5-15-13/h1-5,16H,6-9,14H2. The number of ether oxygens (including phenoxy) is 2. The summed E-state index contributed by atoms with van der Waals surface area (Å²) in [4.78, 5) is 4.27. The van der Waals surface area contributed by atoms with Crippen molar-refractivity contribution in [3.8, 4) is 5.75 Å². The van der Waals surface area contributed by atoms with Crippen LogP contribution in [0.3, 0.4) is 0 Å². The van der Waals surface area contributed by atoms with E-state index in [4.69, 9.17) is 20.3 Å². The van der Waals surface area contributed by atoms with Crippen LogP contribution in [0.1, 0.15) is 0 Å². The molecule has 1 heterocycles. The van der Waals surface area contributed by atoms with Crippen molar-refractivity contribution in [2.75, 3.05) is 32.2 Å². The van der Waals surface area contributed by atoms with Crippen LogP contribution in [-0.2, 0) is 4.74 Å². The van der Waals surface area contributed by atoms with Crippen LogP contribution in [0.2, 0.25) is 0 Å². The Hall–Kier alpha value is -1.85. The van der Waals surface area contributed by atoms with Crippen LogP contribution in [0.15, 0.2) is 30.5 Å². The fourth-order valence-corrected chi connectivity index (χ4v) is 1.66. The Balaban J connectivity index is 2.07. The summed E-state index contributed by atoms with van der Waals surface area (Å²) in [7, 11) is 0. The zero-order valence-corrected chi connectivity index (χ0v) is 10.0. The van der Waals surface area contributed by atoms with Crippen LogP contribution in [-0.4, -0.2) is 36.5 Å². The van der Waals surface area contributed by atoms with Gasteiger partial charge in [-0.2, -0.15) is 0 Å². The lowest BCUT2D eigenvalue weighted by molar-refractivity contribution is 0.0708. The van der Waals surface area contributed by atoms with E-state index in [1.54, 1.807) is 18.3 Å². The van der Waals surface area contributed by atoms with Crippen LogP contribution >= 0.6 is 0 Å². The summed E-state index contributed by atoms with van der Waals surface area (Å²) in [6.07, 6.45) is 1.71. The Bertz CT molecular complexity index is 517. The van der Waals surface area contributed by atoms with Crippen molar-refractivity contribution >= 4 is 16.6 Å². The van der Waals surface area contributed by atoms with Crippen molar-refractivity contribution in [3.05, 3.63) is 30.5 Å². The summed E-state index contributed by atoms with van der Waals surface area (Å²) < 4.78 is 10.7. The summed E-state index contributed by atoms with van der Waals surface area (Å²) in [6, 6.07) is 7.35. The predicted octanol–water partition coefficient (Wildman–Crippen LogP) is 1.20. The Morgan fingerprint density at radius 2 is 2.06 bits per heavy atom. The van der Waals surface area contributed by atoms with Gasteiger partial charge in [-0.1, -0.05) is 0 Å². The average molecular weight is 248 g/mol. The molecule has 2 aromatic rings. The zero-order valence-electron chi connectivity index (χ0n) is 10.0. The first-order valence-electron chi connectivity index (χ1n) is 5.77. The number of fused-ring (bicyclic) bond motifs is 1. The quantitative estimate of drug-likeness (QED) is 0.593. The highest BCUT2D eigenvalue weighted by molar-refractivity contribution is 5.94. The first-order chi connectivity index (χ1) is 8.83. The molecular weight excluding hydrogens is 232 g/mol. The monoisotopic (exact) mass is 248 g/mol. The maximum atomic E-state index is 8.56. The molecule has 0 radical (unpaired) electrons. The number of aromatic nitrogens is 1. The van der Waals surface area contributed by atoms with Crippen LogP contribution in [0.25, 0.3) is 10.9 Å². The van der Waals surface area contributed by atoms with E-state index in [-0.39, 0.29) is 6.61 Å². The number of aliphatic hydroxyl groups is 1. The van der Waals surface area contributed by atoms with Gasteiger partial charge in [-0.3, -0.25) is 4.98 Å². The number of rotatable bonds is 6. The molecule has 1 aromatic carbocycles. The molecule has 1 aromatic heterocycles.